The fourth-order valence-corrected chi connectivity index (χ4v) is 3.74. The molecule has 0 radical (unpaired) electrons. The number of hydrogen-bond donors (Lipinski definition) is 1. The van der Waals surface area contributed by atoms with E-state index < -0.39 is 0 Å². The van der Waals surface area contributed by atoms with Crippen molar-refractivity contribution in [3.63, 3.8) is 0 Å². The van der Waals surface area contributed by atoms with Crippen LogP contribution in [0.15, 0.2) is 30.7 Å². The summed E-state index contributed by atoms with van der Waals surface area (Å²) in [5, 5.41) is 8.18. The monoisotopic (exact) mass is 410 g/mol. The Bertz CT molecular complexity index is 1030. The molecule has 1 fully saturated rings. The number of amides is 1. The van der Waals surface area contributed by atoms with Crippen LogP contribution in [-0.4, -0.2) is 53.0 Å². The van der Waals surface area contributed by atoms with Gasteiger partial charge in [-0.05, 0) is 31.4 Å². The quantitative estimate of drug-likeness (QED) is 0.638. The molecule has 30 heavy (non-hydrogen) atoms. The van der Waals surface area contributed by atoms with Crippen LogP contribution in [0.3, 0.4) is 0 Å². The molecule has 2 aromatic heterocycles. The van der Waals surface area contributed by atoms with Gasteiger partial charge in [0.15, 0.2) is 5.65 Å². The van der Waals surface area contributed by atoms with Crippen molar-refractivity contribution in [2.75, 3.05) is 32.2 Å². The van der Waals surface area contributed by atoms with Gasteiger partial charge < -0.3 is 19.7 Å². The Morgan fingerprint density at radius 2 is 1.97 bits per heavy atom. The molecule has 0 bridgehead atoms. The van der Waals surface area contributed by atoms with E-state index in [1.165, 1.54) is 6.42 Å². The molecule has 0 aliphatic carbocycles. The van der Waals surface area contributed by atoms with Crippen molar-refractivity contribution in [2.24, 2.45) is 0 Å². The van der Waals surface area contributed by atoms with Crippen molar-refractivity contribution in [3.05, 3.63) is 36.3 Å². The molecular formula is C21H26N6O3. The third-order valence-electron chi connectivity index (χ3n) is 5.33. The number of hydrogen-bond acceptors (Lipinski definition) is 7. The first kappa shape index (κ1) is 19.9. The number of aromatic nitrogens is 4. The largest absolute Gasteiger partial charge is 0.497 e. The van der Waals surface area contributed by atoms with Gasteiger partial charge >= 0.3 is 0 Å². The minimum absolute atomic E-state index is 0.0818. The lowest BCUT2D eigenvalue weighted by molar-refractivity contribution is -0.121. The van der Waals surface area contributed by atoms with Crippen molar-refractivity contribution in [3.8, 4) is 11.5 Å². The van der Waals surface area contributed by atoms with Crippen molar-refractivity contribution in [1.29, 1.82) is 0 Å². The molecule has 1 aliphatic heterocycles. The van der Waals surface area contributed by atoms with Crippen LogP contribution in [0, 0.1) is 0 Å². The standard InChI is InChI=1S/C21H26N6O3/c1-29-16-7-6-15(18(10-16)30-2)11-22-19(28)13-27-21-17(12-25-27)20(23-14-24-21)26-8-4-3-5-9-26/h6-7,10,12,14H,3-5,8-9,11,13H2,1-2H3,(H,22,28). The van der Waals surface area contributed by atoms with Crippen LogP contribution in [0.1, 0.15) is 24.8 Å². The fraction of sp³-hybridized carbons (Fsp3) is 0.429. The summed E-state index contributed by atoms with van der Waals surface area (Å²) in [5.74, 6) is 2.11. The second-order valence-electron chi connectivity index (χ2n) is 7.24. The topological polar surface area (TPSA) is 94.4 Å². The first-order chi connectivity index (χ1) is 14.7. The second-order valence-corrected chi connectivity index (χ2v) is 7.24. The number of fused-ring (bicyclic) bond motifs is 1. The molecule has 0 spiro atoms. The molecule has 0 atom stereocenters. The zero-order valence-electron chi connectivity index (χ0n) is 17.3. The Hall–Kier alpha value is -3.36. The lowest BCUT2D eigenvalue weighted by Gasteiger charge is -2.27. The highest BCUT2D eigenvalue weighted by Crippen LogP contribution is 2.26. The van der Waals surface area contributed by atoms with Gasteiger partial charge in [0.05, 0.1) is 25.8 Å². The first-order valence-electron chi connectivity index (χ1n) is 10.1. The van der Waals surface area contributed by atoms with Crippen molar-refractivity contribution in [2.45, 2.75) is 32.4 Å². The molecule has 3 aromatic rings. The molecule has 0 unspecified atom stereocenters. The van der Waals surface area contributed by atoms with Crippen LogP contribution >= 0.6 is 0 Å². The predicted octanol–water partition coefficient (Wildman–Crippen LogP) is 2.15. The zero-order chi connectivity index (χ0) is 20.9. The van der Waals surface area contributed by atoms with E-state index in [2.05, 4.69) is 25.3 Å². The van der Waals surface area contributed by atoms with Crippen LogP contribution in [0.5, 0.6) is 11.5 Å². The number of rotatable bonds is 7. The maximum absolute atomic E-state index is 12.5. The molecule has 1 amide bonds. The summed E-state index contributed by atoms with van der Waals surface area (Å²) in [6, 6.07) is 5.50. The minimum atomic E-state index is -0.156. The average Bonchev–Trinajstić information content (AvgIpc) is 3.21. The number of ether oxygens (including phenoxy) is 2. The number of anilines is 1. The lowest BCUT2D eigenvalue weighted by Crippen LogP contribution is -2.30. The highest BCUT2D eigenvalue weighted by Gasteiger charge is 2.18. The van der Waals surface area contributed by atoms with Crippen molar-refractivity contribution >= 4 is 22.8 Å². The molecule has 4 rings (SSSR count). The highest BCUT2D eigenvalue weighted by molar-refractivity contribution is 5.87. The number of nitrogens with one attached hydrogen (secondary N) is 1. The van der Waals surface area contributed by atoms with E-state index in [4.69, 9.17) is 9.47 Å². The van der Waals surface area contributed by atoms with Gasteiger partial charge in [0.25, 0.3) is 0 Å². The fourth-order valence-electron chi connectivity index (χ4n) is 3.74. The smallest absolute Gasteiger partial charge is 0.242 e. The molecule has 1 aliphatic rings. The average molecular weight is 410 g/mol. The van der Waals surface area contributed by atoms with Crippen LogP contribution in [0.2, 0.25) is 0 Å². The van der Waals surface area contributed by atoms with Gasteiger partial charge in [-0.2, -0.15) is 5.10 Å². The molecule has 1 N–H and O–H groups in total. The number of nitrogens with zero attached hydrogens (tertiary/aromatic N) is 5. The van der Waals surface area contributed by atoms with Gasteiger partial charge in [-0.25, -0.2) is 14.6 Å². The Morgan fingerprint density at radius 1 is 1.13 bits per heavy atom. The summed E-state index contributed by atoms with van der Waals surface area (Å²) < 4.78 is 12.2. The third-order valence-corrected chi connectivity index (χ3v) is 5.33. The Balaban J connectivity index is 1.45. The van der Waals surface area contributed by atoms with E-state index in [0.29, 0.717) is 23.7 Å². The summed E-state index contributed by atoms with van der Waals surface area (Å²) in [6.45, 7) is 2.40. The predicted molar refractivity (Wildman–Crippen MR) is 113 cm³/mol. The Labute approximate surface area is 175 Å². The maximum Gasteiger partial charge on any atom is 0.242 e. The summed E-state index contributed by atoms with van der Waals surface area (Å²) >= 11 is 0. The second kappa shape index (κ2) is 8.98. The SMILES string of the molecule is COc1ccc(CNC(=O)Cn2ncc3c(N4CCCCC4)ncnc32)c(OC)c1. The number of methoxy groups -OCH3 is 2. The number of benzene rings is 1. The van der Waals surface area contributed by atoms with E-state index in [1.54, 1.807) is 37.5 Å². The van der Waals surface area contributed by atoms with E-state index in [9.17, 15) is 4.79 Å². The van der Waals surface area contributed by atoms with Gasteiger partial charge in [-0.15, -0.1) is 0 Å². The van der Waals surface area contributed by atoms with E-state index in [0.717, 1.165) is 42.7 Å². The molecule has 158 valence electrons. The van der Waals surface area contributed by atoms with Crippen molar-refractivity contribution in [1.82, 2.24) is 25.1 Å². The Morgan fingerprint density at radius 3 is 2.73 bits per heavy atom. The number of carbonyl (C=O) groups excluding carboxylic acids is 1. The molecule has 1 saturated heterocycles. The van der Waals surface area contributed by atoms with Gasteiger partial charge in [0.2, 0.25) is 5.91 Å². The summed E-state index contributed by atoms with van der Waals surface area (Å²) in [7, 11) is 3.19. The van der Waals surface area contributed by atoms with Gasteiger partial charge in [0, 0.05) is 31.3 Å². The number of piperidine rings is 1. The van der Waals surface area contributed by atoms with Crippen LogP contribution in [-0.2, 0) is 17.9 Å². The third kappa shape index (κ3) is 4.14. The molecule has 9 nitrogen and oxygen atoms in total. The number of carbonyl (C=O) groups is 1. The highest BCUT2D eigenvalue weighted by atomic mass is 16.5. The Kier molecular flexibility index (Phi) is 5.97. The maximum atomic E-state index is 12.5. The van der Waals surface area contributed by atoms with Gasteiger partial charge in [0.1, 0.15) is 30.2 Å². The zero-order valence-corrected chi connectivity index (χ0v) is 17.3. The molecule has 9 heteroatoms. The van der Waals surface area contributed by atoms with Gasteiger partial charge in [-0.1, -0.05) is 0 Å². The van der Waals surface area contributed by atoms with E-state index >= 15 is 0 Å². The summed E-state index contributed by atoms with van der Waals surface area (Å²) in [4.78, 5) is 23.7. The van der Waals surface area contributed by atoms with Crippen LogP contribution in [0.25, 0.3) is 11.0 Å². The van der Waals surface area contributed by atoms with Crippen LogP contribution in [0.4, 0.5) is 5.82 Å². The molecular weight excluding hydrogens is 384 g/mol. The summed E-state index contributed by atoms with van der Waals surface area (Å²) in [5.41, 5.74) is 1.54. The molecule has 0 saturated carbocycles. The van der Waals surface area contributed by atoms with Crippen molar-refractivity contribution < 1.29 is 14.3 Å². The normalized spacial score (nSPS) is 14.0. The summed E-state index contributed by atoms with van der Waals surface area (Å²) in [6.07, 6.45) is 6.88. The molecule has 3 heterocycles. The first-order valence-corrected chi connectivity index (χ1v) is 10.1. The lowest BCUT2D eigenvalue weighted by atomic mass is 10.1. The van der Waals surface area contributed by atoms with E-state index in [1.807, 2.05) is 12.1 Å². The van der Waals surface area contributed by atoms with E-state index in [-0.39, 0.29) is 12.5 Å². The van der Waals surface area contributed by atoms with Crippen LogP contribution < -0.4 is 19.7 Å². The minimum Gasteiger partial charge on any atom is -0.497 e. The van der Waals surface area contributed by atoms with Gasteiger partial charge in [-0.3, -0.25) is 4.79 Å². The molecule has 1 aromatic carbocycles.